The lowest BCUT2D eigenvalue weighted by Crippen LogP contribution is -2.40. The van der Waals surface area contributed by atoms with Crippen LogP contribution in [-0.4, -0.2) is 44.5 Å². The van der Waals surface area contributed by atoms with Gasteiger partial charge in [-0.25, -0.2) is 13.1 Å². The van der Waals surface area contributed by atoms with E-state index in [2.05, 4.69) is 4.72 Å². The van der Waals surface area contributed by atoms with Crippen LogP contribution in [0, 0.1) is 0 Å². The lowest BCUT2D eigenvalue weighted by Gasteiger charge is -2.22. The van der Waals surface area contributed by atoms with Crippen LogP contribution in [0.3, 0.4) is 0 Å². The predicted molar refractivity (Wildman–Crippen MR) is 84.5 cm³/mol. The number of rotatable bonds is 4. The molecule has 10 heteroatoms. The van der Waals surface area contributed by atoms with Gasteiger partial charge in [-0.05, 0) is 39.0 Å². The van der Waals surface area contributed by atoms with Crippen molar-refractivity contribution in [2.75, 3.05) is 13.6 Å². The van der Waals surface area contributed by atoms with Crippen molar-refractivity contribution >= 4 is 27.5 Å². The molecule has 0 fully saturated rings. The SMILES string of the molecule is CN(CC(F)(F)F)C(=O)c1ccc(Cl)c(S(=O)(=O)NC(C)(C)C)c1. The van der Waals surface area contributed by atoms with Crippen LogP contribution in [0.5, 0.6) is 0 Å². The molecular formula is C14H18ClF3N2O3S. The third kappa shape index (κ3) is 5.95. The van der Waals surface area contributed by atoms with Gasteiger partial charge in [0.25, 0.3) is 5.91 Å². The molecule has 0 aromatic heterocycles. The zero-order valence-corrected chi connectivity index (χ0v) is 15.1. The Labute approximate surface area is 143 Å². The molecule has 1 aromatic rings. The smallest absolute Gasteiger partial charge is 0.333 e. The van der Waals surface area contributed by atoms with Crippen molar-refractivity contribution in [1.82, 2.24) is 9.62 Å². The number of benzene rings is 1. The molecule has 1 amide bonds. The van der Waals surface area contributed by atoms with Crippen molar-refractivity contribution < 1.29 is 26.4 Å². The van der Waals surface area contributed by atoms with E-state index >= 15 is 0 Å². The maximum Gasteiger partial charge on any atom is 0.406 e. The average Bonchev–Trinajstić information content (AvgIpc) is 2.33. The molecule has 0 aliphatic rings. The number of hydrogen-bond acceptors (Lipinski definition) is 3. The van der Waals surface area contributed by atoms with Gasteiger partial charge in [-0.3, -0.25) is 4.79 Å². The van der Waals surface area contributed by atoms with E-state index in [-0.39, 0.29) is 15.5 Å². The zero-order valence-electron chi connectivity index (χ0n) is 13.5. The Morgan fingerprint density at radius 3 is 2.25 bits per heavy atom. The van der Waals surface area contributed by atoms with Gasteiger partial charge in [-0.1, -0.05) is 11.6 Å². The maximum absolute atomic E-state index is 12.4. The standard InChI is InChI=1S/C14H18ClF3N2O3S/c1-13(2,3)19-24(22,23)11-7-9(5-6-10(11)15)12(21)20(4)8-14(16,17)18/h5-7,19H,8H2,1-4H3. The second kappa shape index (κ2) is 6.89. The van der Waals surface area contributed by atoms with Gasteiger partial charge in [0.05, 0.1) is 5.02 Å². The van der Waals surface area contributed by atoms with Crippen LogP contribution in [0.15, 0.2) is 23.1 Å². The van der Waals surface area contributed by atoms with Gasteiger partial charge in [0, 0.05) is 18.2 Å². The average molecular weight is 387 g/mol. The predicted octanol–water partition coefficient (Wildman–Crippen LogP) is 3.05. The van der Waals surface area contributed by atoms with Gasteiger partial charge in [0.2, 0.25) is 10.0 Å². The van der Waals surface area contributed by atoms with E-state index in [4.69, 9.17) is 11.6 Å². The fourth-order valence-corrected chi connectivity index (χ4v) is 3.81. The number of alkyl halides is 3. The first-order valence-electron chi connectivity index (χ1n) is 6.78. The first kappa shape index (κ1) is 20.7. The molecule has 24 heavy (non-hydrogen) atoms. The summed E-state index contributed by atoms with van der Waals surface area (Å²) in [7, 11) is -3.06. The van der Waals surface area contributed by atoms with E-state index in [1.54, 1.807) is 20.8 Å². The minimum atomic E-state index is -4.56. The van der Waals surface area contributed by atoms with Crippen molar-refractivity contribution in [1.29, 1.82) is 0 Å². The van der Waals surface area contributed by atoms with Crippen LogP contribution in [0.4, 0.5) is 13.2 Å². The van der Waals surface area contributed by atoms with Gasteiger partial charge in [-0.2, -0.15) is 13.2 Å². The van der Waals surface area contributed by atoms with Crippen LogP contribution >= 0.6 is 11.6 Å². The summed E-state index contributed by atoms with van der Waals surface area (Å²) in [5.41, 5.74) is -1.00. The summed E-state index contributed by atoms with van der Waals surface area (Å²) < 4.78 is 64.2. The molecule has 1 rings (SSSR count). The monoisotopic (exact) mass is 386 g/mol. The van der Waals surface area contributed by atoms with Crippen molar-refractivity contribution in [2.45, 2.75) is 37.4 Å². The summed E-state index contributed by atoms with van der Waals surface area (Å²) in [6.45, 7) is 3.40. The van der Waals surface area contributed by atoms with Gasteiger partial charge < -0.3 is 4.90 Å². The molecule has 0 bridgehead atoms. The highest BCUT2D eigenvalue weighted by Gasteiger charge is 2.32. The highest BCUT2D eigenvalue weighted by molar-refractivity contribution is 7.89. The Hall–Kier alpha value is -1.32. The minimum Gasteiger partial charge on any atom is -0.333 e. The lowest BCUT2D eigenvalue weighted by atomic mass is 10.1. The van der Waals surface area contributed by atoms with E-state index in [0.29, 0.717) is 4.90 Å². The Morgan fingerprint density at radius 1 is 1.25 bits per heavy atom. The van der Waals surface area contributed by atoms with Crippen LogP contribution in [0.1, 0.15) is 31.1 Å². The van der Waals surface area contributed by atoms with Crippen molar-refractivity contribution in [3.63, 3.8) is 0 Å². The number of halogens is 4. The van der Waals surface area contributed by atoms with Crippen molar-refractivity contribution in [2.24, 2.45) is 0 Å². The normalized spacial score (nSPS) is 13.0. The Kier molecular flexibility index (Phi) is 5.95. The summed E-state index contributed by atoms with van der Waals surface area (Å²) in [6, 6.07) is 3.30. The molecule has 5 nitrogen and oxygen atoms in total. The Balaban J connectivity index is 3.21. The second-order valence-corrected chi connectivity index (χ2v) is 8.34. The molecule has 1 N–H and O–H groups in total. The molecule has 136 valence electrons. The first-order chi connectivity index (χ1) is 10.6. The van der Waals surface area contributed by atoms with E-state index in [1.807, 2.05) is 0 Å². The first-order valence-corrected chi connectivity index (χ1v) is 8.64. The number of hydrogen-bond donors (Lipinski definition) is 1. The van der Waals surface area contributed by atoms with Gasteiger partial charge in [0.15, 0.2) is 0 Å². The Morgan fingerprint density at radius 2 is 1.79 bits per heavy atom. The molecular weight excluding hydrogens is 369 g/mol. The van der Waals surface area contributed by atoms with E-state index in [0.717, 1.165) is 19.2 Å². The molecule has 0 aliphatic heterocycles. The van der Waals surface area contributed by atoms with Crippen LogP contribution in [0.25, 0.3) is 0 Å². The quantitative estimate of drug-likeness (QED) is 0.864. The van der Waals surface area contributed by atoms with E-state index in [9.17, 15) is 26.4 Å². The van der Waals surface area contributed by atoms with Crippen LogP contribution in [-0.2, 0) is 10.0 Å². The maximum atomic E-state index is 12.4. The molecule has 0 spiro atoms. The van der Waals surface area contributed by atoms with Gasteiger partial charge in [0.1, 0.15) is 11.4 Å². The highest BCUT2D eigenvalue weighted by atomic mass is 35.5. The third-order valence-electron chi connectivity index (χ3n) is 2.67. The number of carbonyl (C=O) groups excluding carboxylic acids is 1. The van der Waals surface area contributed by atoms with E-state index < -0.39 is 34.2 Å². The lowest BCUT2D eigenvalue weighted by molar-refractivity contribution is -0.138. The largest absolute Gasteiger partial charge is 0.406 e. The zero-order chi connectivity index (χ0) is 18.9. The van der Waals surface area contributed by atoms with Crippen LogP contribution in [0.2, 0.25) is 5.02 Å². The topological polar surface area (TPSA) is 66.5 Å². The second-order valence-electron chi connectivity index (χ2n) is 6.28. The fourth-order valence-electron chi connectivity index (χ4n) is 1.86. The van der Waals surface area contributed by atoms with E-state index in [1.165, 1.54) is 6.07 Å². The molecule has 0 heterocycles. The Bertz CT molecular complexity index is 728. The molecule has 0 radical (unpaired) electrons. The molecule has 1 aromatic carbocycles. The molecule has 0 aliphatic carbocycles. The number of sulfonamides is 1. The summed E-state index contributed by atoms with van der Waals surface area (Å²) in [6.07, 6.45) is -4.56. The van der Waals surface area contributed by atoms with Gasteiger partial charge >= 0.3 is 6.18 Å². The molecule has 0 atom stereocenters. The number of nitrogens with zero attached hydrogens (tertiary/aromatic N) is 1. The third-order valence-corrected chi connectivity index (χ3v) is 4.91. The van der Waals surface area contributed by atoms with Crippen LogP contribution < -0.4 is 4.72 Å². The number of carbonyl (C=O) groups is 1. The summed E-state index contributed by atoms with van der Waals surface area (Å²) in [5.74, 6) is -0.962. The van der Waals surface area contributed by atoms with Crippen molar-refractivity contribution in [3.05, 3.63) is 28.8 Å². The summed E-state index contributed by atoms with van der Waals surface area (Å²) in [4.78, 5) is 12.2. The number of nitrogens with one attached hydrogen (secondary N) is 1. The fraction of sp³-hybridized carbons (Fsp3) is 0.500. The molecule has 0 saturated carbocycles. The van der Waals surface area contributed by atoms with Gasteiger partial charge in [-0.15, -0.1) is 0 Å². The molecule has 0 saturated heterocycles. The molecule has 0 unspecified atom stereocenters. The summed E-state index contributed by atoms with van der Waals surface area (Å²) in [5, 5.41) is -0.137. The number of amides is 1. The summed E-state index contributed by atoms with van der Waals surface area (Å²) >= 11 is 5.88. The highest BCUT2D eigenvalue weighted by Crippen LogP contribution is 2.25. The minimum absolute atomic E-state index is 0.137. The van der Waals surface area contributed by atoms with Crippen molar-refractivity contribution in [3.8, 4) is 0 Å².